The maximum absolute atomic E-state index is 12.0. The van der Waals surface area contributed by atoms with Crippen LogP contribution in [0.2, 0.25) is 0 Å². The molecule has 7 heteroatoms. The van der Waals surface area contributed by atoms with Gasteiger partial charge in [0.25, 0.3) is 5.91 Å². The van der Waals surface area contributed by atoms with E-state index < -0.39 is 5.91 Å². The highest BCUT2D eigenvalue weighted by Crippen LogP contribution is 2.14. The molecule has 0 aliphatic heterocycles. The molecule has 2 rings (SSSR count). The molecule has 1 heterocycles. The van der Waals surface area contributed by atoms with Gasteiger partial charge >= 0.3 is 0 Å². The Hall–Kier alpha value is -2.98. The molecule has 0 unspecified atom stereocenters. The lowest BCUT2D eigenvalue weighted by Crippen LogP contribution is -2.17. The Morgan fingerprint density at radius 1 is 1.32 bits per heavy atom. The number of anilines is 2. The van der Waals surface area contributed by atoms with Crippen molar-refractivity contribution in [2.24, 2.45) is 5.84 Å². The molecule has 0 fully saturated rings. The minimum absolute atomic E-state index is 0.100. The highest BCUT2D eigenvalue weighted by atomic mass is 16.1. The molecule has 1 amide bonds. The molecule has 0 atom stereocenters. The number of para-hydroxylation sites is 1. The maximum Gasteiger partial charge on any atom is 0.275 e. The second kappa shape index (κ2) is 5.57. The topological polar surface area (TPSA) is 117 Å². The molecule has 1 aromatic carbocycles. The molecule has 7 nitrogen and oxygen atoms in total. The molecule has 0 spiro atoms. The van der Waals surface area contributed by atoms with Gasteiger partial charge in [-0.05, 0) is 12.1 Å². The van der Waals surface area contributed by atoms with Crippen LogP contribution in [0.5, 0.6) is 0 Å². The van der Waals surface area contributed by atoms with Gasteiger partial charge in [-0.3, -0.25) is 9.78 Å². The van der Waals surface area contributed by atoms with Gasteiger partial charge in [0.1, 0.15) is 11.8 Å². The number of nitrogens with zero attached hydrogens (tertiary/aromatic N) is 3. The first-order chi connectivity index (χ1) is 9.24. The molecule has 1 aromatic heterocycles. The minimum atomic E-state index is -0.465. The predicted molar refractivity (Wildman–Crippen MR) is 69.0 cm³/mol. The average molecular weight is 254 g/mol. The van der Waals surface area contributed by atoms with E-state index in [0.717, 1.165) is 0 Å². The Morgan fingerprint density at radius 2 is 2.11 bits per heavy atom. The van der Waals surface area contributed by atoms with Crippen molar-refractivity contribution in [1.29, 1.82) is 5.26 Å². The van der Waals surface area contributed by atoms with Crippen molar-refractivity contribution < 1.29 is 4.79 Å². The normalized spacial score (nSPS) is 9.47. The third-order valence-corrected chi connectivity index (χ3v) is 2.31. The summed E-state index contributed by atoms with van der Waals surface area (Å²) in [5.74, 6) is 5.00. The summed E-state index contributed by atoms with van der Waals surface area (Å²) in [6.45, 7) is 0. The predicted octanol–water partition coefficient (Wildman–Crippen LogP) is 0.886. The SMILES string of the molecule is N#Cc1ccccc1NC(=O)c1cncc(NN)n1. The third kappa shape index (κ3) is 2.83. The van der Waals surface area contributed by atoms with Crippen molar-refractivity contribution in [1.82, 2.24) is 9.97 Å². The molecule has 94 valence electrons. The van der Waals surface area contributed by atoms with Crippen molar-refractivity contribution in [3.8, 4) is 6.07 Å². The number of rotatable bonds is 3. The lowest BCUT2D eigenvalue weighted by atomic mass is 10.2. The molecule has 4 N–H and O–H groups in total. The lowest BCUT2D eigenvalue weighted by molar-refractivity contribution is 0.102. The van der Waals surface area contributed by atoms with E-state index in [-0.39, 0.29) is 11.5 Å². The summed E-state index contributed by atoms with van der Waals surface area (Å²) < 4.78 is 0. The number of benzene rings is 1. The van der Waals surface area contributed by atoms with E-state index in [1.807, 2.05) is 6.07 Å². The zero-order valence-electron chi connectivity index (χ0n) is 9.79. The van der Waals surface area contributed by atoms with Crippen molar-refractivity contribution in [2.75, 3.05) is 10.7 Å². The highest BCUT2D eigenvalue weighted by Gasteiger charge is 2.11. The number of carbonyl (C=O) groups is 1. The summed E-state index contributed by atoms with van der Waals surface area (Å²) in [6, 6.07) is 8.67. The minimum Gasteiger partial charge on any atom is -0.319 e. The first-order valence-electron chi connectivity index (χ1n) is 5.33. The van der Waals surface area contributed by atoms with Crippen LogP contribution < -0.4 is 16.6 Å². The van der Waals surface area contributed by atoms with Crippen LogP contribution >= 0.6 is 0 Å². The number of nitriles is 1. The second-order valence-electron chi connectivity index (χ2n) is 3.55. The summed E-state index contributed by atoms with van der Waals surface area (Å²) in [5, 5.41) is 11.5. The van der Waals surface area contributed by atoms with Gasteiger partial charge in [0.15, 0.2) is 5.82 Å². The molecule has 0 aliphatic carbocycles. The van der Waals surface area contributed by atoms with E-state index in [4.69, 9.17) is 11.1 Å². The number of hydrogen-bond acceptors (Lipinski definition) is 6. The number of aromatic nitrogens is 2. The first-order valence-corrected chi connectivity index (χ1v) is 5.33. The Kier molecular flexibility index (Phi) is 3.66. The summed E-state index contributed by atoms with van der Waals surface area (Å²) in [4.78, 5) is 19.7. The maximum atomic E-state index is 12.0. The van der Waals surface area contributed by atoms with Crippen molar-refractivity contribution in [3.63, 3.8) is 0 Å². The number of amides is 1. The van der Waals surface area contributed by atoms with Gasteiger partial charge in [-0.2, -0.15) is 5.26 Å². The number of hydrogen-bond donors (Lipinski definition) is 3. The molecular formula is C12H10N6O. The number of nitrogen functional groups attached to an aromatic ring is 1. The van der Waals surface area contributed by atoms with Crippen molar-refractivity contribution >= 4 is 17.4 Å². The fraction of sp³-hybridized carbons (Fsp3) is 0. The quantitative estimate of drug-likeness (QED) is 0.553. The van der Waals surface area contributed by atoms with E-state index in [9.17, 15) is 4.79 Å². The van der Waals surface area contributed by atoms with E-state index >= 15 is 0 Å². The molecule has 0 saturated heterocycles. The van der Waals surface area contributed by atoms with Crippen molar-refractivity contribution in [3.05, 3.63) is 47.9 Å². The van der Waals surface area contributed by atoms with E-state index in [0.29, 0.717) is 11.3 Å². The van der Waals surface area contributed by atoms with Gasteiger partial charge < -0.3 is 10.7 Å². The van der Waals surface area contributed by atoms with E-state index in [1.165, 1.54) is 12.4 Å². The summed E-state index contributed by atoms with van der Waals surface area (Å²) in [5.41, 5.74) is 3.19. The fourth-order valence-corrected chi connectivity index (χ4v) is 1.42. The third-order valence-electron chi connectivity index (χ3n) is 2.31. The van der Waals surface area contributed by atoms with Crippen LogP contribution in [0.3, 0.4) is 0 Å². The van der Waals surface area contributed by atoms with Crippen molar-refractivity contribution in [2.45, 2.75) is 0 Å². The summed E-state index contributed by atoms with van der Waals surface area (Å²) >= 11 is 0. The van der Waals surface area contributed by atoms with Gasteiger partial charge in [-0.1, -0.05) is 12.1 Å². The Morgan fingerprint density at radius 3 is 2.84 bits per heavy atom. The fourth-order valence-electron chi connectivity index (χ4n) is 1.42. The van der Waals surface area contributed by atoms with Crippen LogP contribution in [0.4, 0.5) is 11.5 Å². The number of carbonyl (C=O) groups excluding carboxylic acids is 1. The molecular weight excluding hydrogens is 244 g/mol. The van der Waals surface area contributed by atoms with E-state index in [2.05, 4.69) is 20.7 Å². The van der Waals surface area contributed by atoms with Crippen LogP contribution in [-0.4, -0.2) is 15.9 Å². The Labute approximate surface area is 109 Å². The van der Waals surface area contributed by atoms with Crippen LogP contribution in [0.1, 0.15) is 16.1 Å². The van der Waals surface area contributed by atoms with Gasteiger partial charge in [0.05, 0.1) is 23.6 Å². The highest BCUT2D eigenvalue weighted by molar-refractivity contribution is 6.03. The van der Waals surface area contributed by atoms with Gasteiger partial charge in [0.2, 0.25) is 0 Å². The van der Waals surface area contributed by atoms with Gasteiger partial charge in [-0.25, -0.2) is 10.8 Å². The second-order valence-corrected chi connectivity index (χ2v) is 3.55. The molecule has 0 aliphatic rings. The van der Waals surface area contributed by atoms with Crippen LogP contribution in [0, 0.1) is 11.3 Å². The molecule has 0 bridgehead atoms. The van der Waals surface area contributed by atoms with Gasteiger partial charge in [-0.15, -0.1) is 0 Å². The van der Waals surface area contributed by atoms with Crippen LogP contribution in [0.15, 0.2) is 36.7 Å². The van der Waals surface area contributed by atoms with Crippen LogP contribution in [-0.2, 0) is 0 Å². The molecule has 0 saturated carbocycles. The zero-order valence-corrected chi connectivity index (χ0v) is 9.79. The summed E-state index contributed by atoms with van der Waals surface area (Å²) in [7, 11) is 0. The molecule has 0 radical (unpaired) electrons. The number of nitrogens with two attached hydrogens (primary N) is 1. The van der Waals surface area contributed by atoms with Crippen LogP contribution in [0.25, 0.3) is 0 Å². The average Bonchev–Trinajstić information content (AvgIpc) is 2.47. The smallest absolute Gasteiger partial charge is 0.275 e. The number of hydrazine groups is 1. The van der Waals surface area contributed by atoms with Gasteiger partial charge in [0, 0.05) is 0 Å². The first kappa shape index (κ1) is 12.5. The molecule has 19 heavy (non-hydrogen) atoms. The zero-order chi connectivity index (χ0) is 13.7. The molecule has 2 aromatic rings. The standard InChI is InChI=1S/C12H10N6O/c13-5-8-3-1-2-4-9(8)17-12(19)10-6-15-7-11(16-10)18-14/h1-4,6-7H,14H2,(H,16,18)(H,17,19). The summed E-state index contributed by atoms with van der Waals surface area (Å²) in [6.07, 6.45) is 2.70. The Balaban J connectivity index is 2.23. The number of nitrogens with one attached hydrogen (secondary N) is 2. The monoisotopic (exact) mass is 254 g/mol. The van der Waals surface area contributed by atoms with E-state index in [1.54, 1.807) is 24.3 Å². The Bertz CT molecular complexity index is 649. The largest absolute Gasteiger partial charge is 0.319 e. The lowest BCUT2D eigenvalue weighted by Gasteiger charge is -2.06.